The molecule has 2 N–H and O–H groups in total. The Bertz CT molecular complexity index is 138. The van der Waals surface area contributed by atoms with Crippen LogP contribution in [0, 0.1) is 0 Å². The summed E-state index contributed by atoms with van der Waals surface area (Å²) in [7, 11) is 3.83. The highest BCUT2D eigenvalue weighted by Crippen LogP contribution is 2.05. The smallest absolute Gasteiger partial charge is 0.0844 e. The second kappa shape index (κ2) is 7.17. The van der Waals surface area contributed by atoms with Crippen molar-refractivity contribution in [2.75, 3.05) is 40.3 Å². The van der Waals surface area contributed by atoms with Crippen molar-refractivity contribution in [3.05, 3.63) is 0 Å². The van der Waals surface area contributed by atoms with Gasteiger partial charge in [-0.3, -0.25) is 4.90 Å². The van der Waals surface area contributed by atoms with Crippen LogP contribution >= 0.6 is 0 Å². The van der Waals surface area contributed by atoms with Crippen molar-refractivity contribution in [1.29, 1.82) is 0 Å². The summed E-state index contributed by atoms with van der Waals surface area (Å²) in [5, 5.41) is 19.1. The van der Waals surface area contributed by atoms with E-state index in [1.54, 1.807) is 0 Å². The zero-order chi connectivity index (χ0) is 11.1. The second-order valence-corrected chi connectivity index (χ2v) is 3.80. The van der Waals surface area contributed by atoms with E-state index in [0.29, 0.717) is 6.54 Å². The third-order valence-corrected chi connectivity index (χ3v) is 2.46. The molecule has 86 valence electrons. The average Bonchev–Trinajstić information content (AvgIpc) is 2.12. The summed E-state index contributed by atoms with van der Waals surface area (Å²) >= 11 is 0. The van der Waals surface area contributed by atoms with Gasteiger partial charge in [0, 0.05) is 6.54 Å². The summed E-state index contributed by atoms with van der Waals surface area (Å²) in [4.78, 5) is 4.00. The third kappa shape index (κ3) is 4.37. The van der Waals surface area contributed by atoms with E-state index in [1.807, 2.05) is 32.8 Å². The minimum Gasteiger partial charge on any atom is -0.395 e. The molecule has 0 saturated carbocycles. The first kappa shape index (κ1) is 13.8. The zero-order valence-electron chi connectivity index (χ0n) is 9.77. The summed E-state index contributed by atoms with van der Waals surface area (Å²) in [6, 6.07) is -0.146. The van der Waals surface area contributed by atoms with Crippen molar-refractivity contribution in [2.45, 2.75) is 26.0 Å². The molecular formula is C10H24N2O2. The van der Waals surface area contributed by atoms with Crippen LogP contribution in [0.4, 0.5) is 0 Å². The minimum atomic E-state index is -0.491. The lowest BCUT2D eigenvalue weighted by Gasteiger charge is -2.33. The summed E-state index contributed by atoms with van der Waals surface area (Å²) in [5.41, 5.74) is 0. The molecular weight excluding hydrogens is 180 g/mol. The standard InChI is InChI=1S/C10H24N2O2/c1-5-12(6-2)9(8-13)10(14)7-11(3)4/h9-10,13-14H,5-8H2,1-4H3. The molecule has 0 fully saturated rings. The van der Waals surface area contributed by atoms with Crippen LogP contribution in [0.2, 0.25) is 0 Å². The molecule has 0 aromatic carbocycles. The maximum absolute atomic E-state index is 9.87. The number of hydrogen-bond acceptors (Lipinski definition) is 4. The van der Waals surface area contributed by atoms with E-state index in [1.165, 1.54) is 0 Å². The lowest BCUT2D eigenvalue weighted by Crippen LogP contribution is -2.49. The highest BCUT2D eigenvalue weighted by atomic mass is 16.3. The quantitative estimate of drug-likeness (QED) is 0.593. The molecule has 0 aliphatic carbocycles. The van der Waals surface area contributed by atoms with E-state index in [2.05, 4.69) is 4.90 Å². The molecule has 0 heterocycles. The van der Waals surface area contributed by atoms with Crippen molar-refractivity contribution in [3.63, 3.8) is 0 Å². The largest absolute Gasteiger partial charge is 0.395 e. The van der Waals surface area contributed by atoms with Crippen LogP contribution < -0.4 is 0 Å². The molecule has 0 aliphatic rings. The monoisotopic (exact) mass is 204 g/mol. The van der Waals surface area contributed by atoms with Crippen molar-refractivity contribution in [1.82, 2.24) is 9.80 Å². The van der Waals surface area contributed by atoms with Crippen LogP contribution in [-0.2, 0) is 0 Å². The van der Waals surface area contributed by atoms with Gasteiger partial charge in [0.05, 0.1) is 18.8 Å². The van der Waals surface area contributed by atoms with Gasteiger partial charge in [-0.25, -0.2) is 0 Å². The molecule has 0 bridgehead atoms. The van der Waals surface area contributed by atoms with Crippen LogP contribution in [0.1, 0.15) is 13.8 Å². The van der Waals surface area contributed by atoms with Gasteiger partial charge in [-0.05, 0) is 27.2 Å². The molecule has 0 saturated heterocycles. The number of hydrogen-bond donors (Lipinski definition) is 2. The van der Waals surface area contributed by atoms with E-state index in [4.69, 9.17) is 0 Å². The second-order valence-electron chi connectivity index (χ2n) is 3.80. The molecule has 0 radical (unpaired) electrons. The van der Waals surface area contributed by atoms with Crippen molar-refractivity contribution in [3.8, 4) is 0 Å². The zero-order valence-corrected chi connectivity index (χ0v) is 9.77. The number of rotatable bonds is 7. The molecule has 14 heavy (non-hydrogen) atoms. The number of nitrogens with zero attached hydrogens (tertiary/aromatic N) is 2. The molecule has 0 amide bonds. The molecule has 0 aromatic heterocycles. The van der Waals surface area contributed by atoms with Gasteiger partial charge in [-0.15, -0.1) is 0 Å². The molecule has 4 heteroatoms. The molecule has 4 nitrogen and oxygen atoms in total. The van der Waals surface area contributed by atoms with Crippen LogP contribution in [0.15, 0.2) is 0 Å². The van der Waals surface area contributed by atoms with Crippen molar-refractivity contribution in [2.24, 2.45) is 0 Å². The first-order valence-electron chi connectivity index (χ1n) is 5.24. The fraction of sp³-hybridized carbons (Fsp3) is 1.00. The Morgan fingerprint density at radius 3 is 1.93 bits per heavy atom. The summed E-state index contributed by atoms with van der Waals surface area (Å²) in [5.74, 6) is 0. The van der Waals surface area contributed by atoms with E-state index in [-0.39, 0.29) is 12.6 Å². The molecule has 0 spiro atoms. The van der Waals surface area contributed by atoms with Crippen LogP contribution in [0.3, 0.4) is 0 Å². The Balaban J connectivity index is 4.22. The lowest BCUT2D eigenvalue weighted by atomic mass is 10.1. The van der Waals surface area contributed by atoms with Gasteiger partial charge in [-0.2, -0.15) is 0 Å². The first-order chi connectivity index (χ1) is 6.56. The van der Waals surface area contributed by atoms with Gasteiger partial charge >= 0.3 is 0 Å². The molecule has 2 atom stereocenters. The van der Waals surface area contributed by atoms with Crippen LogP contribution in [-0.4, -0.2) is 72.5 Å². The van der Waals surface area contributed by atoms with Gasteiger partial charge in [0.15, 0.2) is 0 Å². The van der Waals surface area contributed by atoms with E-state index in [0.717, 1.165) is 13.1 Å². The molecule has 0 aliphatic heterocycles. The Labute approximate surface area is 87.1 Å². The average molecular weight is 204 g/mol. The third-order valence-electron chi connectivity index (χ3n) is 2.46. The topological polar surface area (TPSA) is 46.9 Å². The summed E-state index contributed by atoms with van der Waals surface area (Å²) in [6.45, 7) is 6.37. The SMILES string of the molecule is CCN(CC)C(CO)C(O)CN(C)C. The van der Waals surface area contributed by atoms with Crippen molar-refractivity contribution < 1.29 is 10.2 Å². The van der Waals surface area contributed by atoms with Gasteiger partial charge < -0.3 is 15.1 Å². The van der Waals surface area contributed by atoms with Crippen LogP contribution in [0.5, 0.6) is 0 Å². The van der Waals surface area contributed by atoms with Gasteiger partial charge in [-0.1, -0.05) is 13.8 Å². The van der Waals surface area contributed by atoms with E-state index >= 15 is 0 Å². The first-order valence-corrected chi connectivity index (χ1v) is 5.24. The predicted octanol–water partition coefficient (Wildman–Crippen LogP) is -0.388. The van der Waals surface area contributed by atoms with E-state index in [9.17, 15) is 10.2 Å². The highest BCUT2D eigenvalue weighted by Gasteiger charge is 2.23. The number of likely N-dealkylation sites (N-methyl/N-ethyl adjacent to an activating group) is 2. The number of aliphatic hydroxyl groups excluding tert-OH is 2. The maximum atomic E-state index is 9.87. The molecule has 2 unspecified atom stereocenters. The molecule has 0 rings (SSSR count). The predicted molar refractivity (Wildman–Crippen MR) is 58.4 cm³/mol. The highest BCUT2D eigenvalue weighted by molar-refractivity contribution is 4.78. The Kier molecular flexibility index (Phi) is 7.09. The van der Waals surface area contributed by atoms with Gasteiger partial charge in [0.25, 0.3) is 0 Å². The van der Waals surface area contributed by atoms with Gasteiger partial charge in [0.2, 0.25) is 0 Å². The van der Waals surface area contributed by atoms with Crippen molar-refractivity contribution >= 4 is 0 Å². The number of aliphatic hydroxyl groups is 2. The van der Waals surface area contributed by atoms with Crippen LogP contribution in [0.25, 0.3) is 0 Å². The normalized spacial score (nSPS) is 16.3. The Morgan fingerprint density at radius 2 is 1.64 bits per heavy atom. The summed E-state index contributed by atoms with van der Waals surface area (Å²) < 4.78 is 0. The van der Waals surface area contributed by atoms with E-state index < -0.39 is 6.10 Å². The minimum absolute atomic E-state index is 0.0106. The van der Waals surface area contributed by atoms with Gasteiger partial charge in [0.1, 0.15) is 0 Å². The fourth-order valence-corrected chi connectivity index (χ4v) is 1.67. The fourth-order valence-electron chi connectivity index (χ4n) is 1.67. The summed E-state index contributed by atoms with van der Waals surface area (Å²) in [6.07, 6.45) is -0.491. The Morgan fingerprint density at radius 1 is 1.14 bits per heavy atom. The molecule has 0 aromatic rings. The lowest BCUT2D eigenvalue weighted by molar-refractivity contribution is 0.00816. The Hall–Kier alpha value is -0.160. The maximum Gasteiger partial charge on any atom is 0.0844 e.